The standard InChI is InChI=1S/C22H26N2O2.ClH/c25-15-16-4-6-17(7-5-16)19-2-1-3-21(12-19)23-22(26)13-20-14-24-10-8-18(20)9-11-24;/h1-7,12,18,20,25H,8-11,13-15H2,(H,23,26);1H. The SMILES string of the molecule is Cl.O=C(CC1CN2CCC1CC2)Nc1cccc(-c2ccc(CO)cc2)c1. The molecular formula is C22H27ClN2O2. The summed E-state index contributed by atoms with van der Waals surface area (Å²) in [6.07, 6.45) is 3.12. The lowest BCUT2D eigenvalue weighted by atomic mass is 9.77. The van der Waals surface area contributed by atoms with Gasteiger partial charge in [-0.05, 0) is 66.6 Å². The minimum Gasteiger partial charge on any atom is -0.392 e. The number of carbonyl (C=O) groups is 1. The van der Waals surface area contributed by atoms with Crippen molar-refractivity contribution in [2.24, 2.45) is 11.8 Å². The summed E-state index contributed by atoms with van der Waals surface area (Å²) >= 11 is 0. The number of carbonyl (C=O) groups excluding carboxylic acids is 1. The number of hydrogen-bond acceptors (Lipinski definition) is 3. The molecule has 0 aromatic heterocycles. The van der Waals surface area contributed by atoms with Gasteiger partial charge in [0, 0.05) is 18.7 Å². The van der Waals surface area contributed by atoms with Crippen LogP contribution >= 0.6 is 12.4 Å². The topological polar surface area (TPSA) is 52.6 Å². The Labute approximate surface area is 167 Å². The molecule has 5 heteroatoms. The highest BCUT2D eigenvalue weighted by Gasteiger charge is 2.34. The third-order valence-corrected chi connectivity index (χ3v) is 5.86. The zero-order chi connectivity index (χ0) is 17.9. The number of rotatable bonds is 5. The van der Waals surface area contributed by atoms with Gasteiger partial charge in [-0.3, -0.25) is 4.79 Å². The van der Waals surface area contributed by atoms with Crippen LogP contribution in [-0.2, 0) is 11.4 Å². The molecule has 4 nitrogen and oxygen atoms in total. The van der Waals surface area contributed by atoms with Crippen LogP contribution in [0.25, 0.3) is 11.1 Å². The van der Waals surface area contributed by atoms with Gasteiger partial charge in [-0.25, -0.2) is 0 Å². The molecule has 0 saturated carbocycles. The Kier molecular flexibility index (Phi) is 6.53. The Morgan fingerprint density at radius 1 is 1.07 bits per heavy atom. The van der Waals surface area contributed by atoms with E-state index in [2.05, 4.69) is 10.2 Å². The highest BCUT2D eigenvalue weighted by atomic mass is 35.5. The second-order valence-corrected chi connectivity index (χ2v) is 7.59. The third-order valence-electron chi connectivity index (χ3n) is 5.86. The molecule has 1 amide bonds. The van der Waals surface area contributed by atoms with Crippen molar-refractivity contribution in [3.63, 3.8) is 0 Å². The van der Waals surface area contributed by atoms with Gasteiger partial charge in [0.15, 0.2) is 0 Å². The number of benzene rings is 2. The minimum absolute atomic E-state index is 0. The van der Waals surface area contributed by atoms with Gasteiger partial charge in [-0.15, -0.1) is 12.4 Å². The monoisotopic (exact) mass is 386 g/mol. The summed E-state index contributed by atoms with van der Waals surface area (Å²) in [5.41, 5.74) is 3.89. The number of fused-ring (bicyclic) bond motifs is 3. The third kappa shape index (κ3) is 4.70. The molecule has 3 aliphatic heterocycles. The van der Waals surface area contributed by atoms with Crippen molar-refractivity contribution >= 4 is 24.0 Å². The zero-order valence-corrected chi connectivity index (χ0v) is 16.3. The molecule has 1 atom stereocenters. The van der Waals surface area contributed by atoms with Crippen LogP contribution in [0.15, 0.2) is 48.5 Å². The predicted molar refractivity (Wildman–Crippen MR) is 111 cm³/mol. The first-order chi connectivity index (χ1) is 12.7. The van der Waals surface area contributed by atoms with Crippen molar-refractivity contribution in [3.05, 3.63) is 54.1 Å². The maximum Gasteiger partial charge on any atom is 0.224 e. The van der Waals surface area contributed by atoms with E-state index in [-0.39, 0.29) is 24.9 Å². The number of aliphatic hydroxyl groups excluding tert-OH is 1. The predicted octanol–water partition coefficient (Wildman–Crippen LogP) is 3.94. The lowest BCUT2D eigenvalue weighted by Crippen LogP contribution is -2.48. The van der Waals surface area contributed by atoms with E-state index in [0.717, 1.165) is 34.8 Å². The Bertz CT molecular complexity index is 770. The van der Waals surface area contributed by atoms with Crippen LogP contribution < -0.4 is 5.32 Å². The van der Waals surface area contributed by atoms with E-state index in [4.69, 9.17) is 5.11 Å². The fourth-order valence-electron chi connectivity index (χ4n) is 4.35. The maximum atomic E-state index is 12.5. The van der Waals surface area contributed by atoms with E-state index < -0.39 is 0 Å². The van der Waals surface area contributed by atoms with Gasteiger partial charge >= 0.3 is 0 Å². The van der Waals surface area contributed by atoms with Crippen LogP contribution in [-0.4, -0.2) is 35.5 Å². The highest BCUT2D eigenvalue weighted by Crippen LogP contribution is 2.34. The van der Waals surface area contributed by atoms with Crippen LogP contribution in [0.5, 0.6) is 0 Å². The van der Waals surface area contributed by atoms with Gasteiger partial charge in [0.1, 0.15) is 0 Å². The number of hydrogen-bond donors (Lipinski definition) is 2. The van der Waals surface area contributed by atoms with Crippen LogP contribution in [0.4, 0.5) is 5.69 Å². The summed E-state index contributed by atoms with van der Waals surface area (Å²) in [6.45, 7) is 3.55. The number of amides is 1. The molecule has 3 fully saturated rings. The summed E-state index contributed by atoms with van der Waals surface area (Å²) in [5.74, 6) is 1.35. The highest BCUT2D eigenvalue weighted by molar-refractivity contribution is 5.91. The van der Waals surface area contributed by atoms with Crippen LogP contribution in [0, 0.1) is 11.8 Å². The molecule has 5 rings (SSSR count). The molecule has 0 spiro atoms. The quantitative estimate of drug-likeness (QED) is 0.818. The van der Waals surface area contributed by atoms with Gasteiger partial charge in [0.25, 0.3) is 0 Å². The van der Waals surface area contributed by atoms with Gasteiger partial charge in [0.2, 0.25) is 5.91 Å². The van der Waals surface area contributed by atoms with Crippen molar-refractivity contribution in [2.75, 3.05) is 25.0 Å². The zero-order valence-electron chi connectivity index (χ0n) is 15.4. The Morgan fingerprint density at radius 3 is 2.44 bits per heavy atom. The van der Waals surface area contributed by atoms with Crippen molar-refractivity contribution in [1.82, 2.24) is 4.90 Å². The van der Waals surface area contributed by atoms with Gasteiger partial charge in [-0.1, -0.05) is 36.4 Å². The minimum atomic E-state index is 0. The molecule has 2 bridgehead atoms. The van der Waals surface area contributed by atoms with Crippen molar-refractivity contribution < 1.29 is 9.90 Å². The summed E-state index contributed by atoms with van der Waals surface area (Å²) < 4.78 is 0. The smallest absolute Gasteiger partial charge is 0.224 e. The number of piperidine rings is 3. The summed E-state index contributed by atoms with van der Waals surface area (Å²) in [6, 6.07) is 15.8. The maximum absolute atomic E-state index is 12.5. The Balaban J connectivity index is 0.00000210. The Hall–Kier alpha value is -1.88. The average Bonchev–Trinajstić information content (AvgIpc) is 2.69. The van der Waals surface area contributed by atoms with Crippen LogP contribution in [0.2, 0.25) is 0 Å². The van der Waals surface area contributed by atoms with Crippen molar-refractivity contribution in [2.45, 2.75) is 25.9 Å². The number of nitrogens with one attached hydrogen (secondary N) is 1. The molecule has 144 valence electrons. The molecule has 3 heterocycles. The molecule has 3 aliphatic rings. The molecule has 2 N–H and O–H groups in total. The second kappa shape index (κ2) is 8.87. The normalized spacial score (nSPS) is 23.5. The van der Waals surface area contributed by atoms with E-state index in [0.29, 0.717) is 12.3 Å². The lowest BCUT2D eigenvalue weighted by molar-refractivity contribution is -0.118. The van der Waals surface area contributed by atoms with E-state index in [1.54, 1.807) is 0 Å². The molecule has 2 aromatic carbocycles. The number of nitrogens with zero attached hydrogens (tertiary/aromatic N) is 1. The molecular weight excluding hydrogens is 360 g/mol. The average molecular weight is 387 g/mol. The first-order valence-electron chi connectivity index (χ1n) is 9.54. The van der Waals surface area contributed by atoms with Crippen molar-refractivity contribution in [1.29, 1.82) is 0 Å². The first kappa shape index (κ1) is 19.9. The number of aliphatic hydroxyl groups is 1. The second-order valence-electron chi connectivity index (χ2n) is 7.59. The fraction of sp³-hybridized carbons (Fsp3) is 0.409. The molecule has 2 aromatic rings. The summed E-state index contributed by atoms with van der Waals surface area (Å²) in [4.78, 5) is 15.0. The lowest BCUT2D eigenvalue weighted by Gasteiger charge is -2.44. The van der Waals surface area contributed by atoms with E-state index in [9.17, 15) is 4.79 Å². The summed E-state index contributed by atoms with van der Waals surface area (Å²) in [7, 11) is 0. The number of anilines is 1. The number of halogens is 1. The van der Waals surface area contributed by atoms with Gasteiger partial charge < -0.3 is 15.3 Å². The Morgan fingerprint density at radius 2 is 1.81 bits per heavy atom. The van der Waals surface area contributed by atoms with Crippen LogP contribution in [0.3, 0.4) is 0 Å². The van der Waals surface area contributed by atoms with E-state index in [1.807, 2.05) is 48.5 Å². The fourth-order valence-corrected chi connectivity index (χ4v) is 4.35. The van der Waals surface area contributed by atoms with Crippen LogP contribution in [0.1, 0.15) is 24.8 Å². The summed E-state index contributed by atoms with van der Waals surface area (Å²) in [5, 5.41) is 12.2. The van der Waals surface area contributed by atoms with Gasteiger partial charge in [-0.2, -0.15) is 0 Å². The van der Waals surface area contributed by atoms with E-state index in [1.165, 1.54) is 25.9 Å². The molecule has 1 unspecified atom stereocenters. The molecule has 27 heavy (non-hydrogen) atoms. The van der Waals surface area contributed by atoms with Gasteiger partial charge in [0.05, 0.1) is 6.61 Å². The van der Waals surface area contributed by atoms with Crippen molar-refractivity contribution in [3.8, 4) is 11.1 Å². The molecule has 0 aliphatic carbocycles. The largest absolute Gasteiger partial charge is 0.392 e. The molecule has 0 radical (unpaired) electrons. The molecule has 3 saturated heterocycles. The first-order valence-corrected chi connectivity index (χ1v) is 9.54. The van der Waals surface area contributed by atoms with E-state index >= 15 is 0 Å².